The average Bonchev–Trinajstić information content (AvgIpc) is 2.91. The molecule has 3 heteroatoms. The standard InChI is InChI=1S/C17H24N2S/c1-11(2)15-14-10-8-6-4-5-7-9-13(14)12(3)16-17(15)19-20-18-16/h11H,4-10H2,1-3H3. The van der Waals surface area contributed by atoms with Crippen LogP contribution in [0.5, 0.6) is 0 Å². The van der Waals surface area contributed by atoms with Crippen molar-refractivity contribution in [1.29, 1.82) is 0 Å². The summed E-state index contributed by atoms with van der Waals surface area (Å²) in [4.78, 5) is 0. The van der Waals surface area contributed by atoms with Crippen LogP contribution in [0.1, 0.15) is 74.1 Å². The van der Waals surface area contributed by atoms with E-state index in [2.05, 4.69) is 29.5 Å². The Balaban J connectivity index is 2.26. The molecule has 0 saturated heterocycles. The van der Waals surface area contributed by atoms with Crippen LogP contribution in [0.2, 0.25) is 0 Å². The van der Waals surface area contributed by atoms with Crippen molar-refractivity contribution >= 4 is 22.8 Å². The minimum Gasteiger partial charge on any atom is -0.173 e. The predicted molar refractivity (Wildman–Crippen MR) is 86.7 cm³/mol. The molecule has 0 fully saturated rings. The van der Waals surface area contributed by atoms with Crippen LogP contribution >= 0.6 is 11.7 Å². The molecule has 0 N–H and O–H groups in total. The van der Waals surface area contributed by atoms with Crippen LogP contribution in [0.3, 0.4) is 0 Å². The van der Waals surface area contributed by atoms with E-state index in [9.17, 15) is 0 Å². The Labute approximate surface area is 125 Å². The fourth-order valence-corrected chi connectivity index (χ4v) is 4.28. The molecule has 2 aromatic rings. The number of fused-ring (bicyclic) bond motifs is 2. The van der Waals surface area contributed by atoms with Crippen LogP contribution in [-0.2, 0) is 12.8 Å². The lowest BCUT2D eigenvalue weighted by atomic mass is 9.85. The van der Waals surface area contributed by atoms with Crippen molar-refractivity contribution < 1.29 is 0 Å². The maximum Gasteiger partial charge on any atom is 0.108 e. The number of aromatic nitrogens is 2. The third-order valence-corrected chi connectivity index (χ3v) is 5.20. The molecule has 0 radical (unpaired) electrons. The molecule has 20 heavy (non-hydrogen) atoms. The smallest absolute Gasteiger partial charge is 0.108 e. The molecule has 2 nitrogen and oxygen atoms in total. The molecule has 1 aromatic carbocycles. The van der Waals surface area contributed by atoms with E-state index in [1.807, 2.05) is 0 Å². The summed E-state index contributed by atoms with van der Waals surface area (Å²) in [7, 11) is 0. The maximum absolute atomic E-state index is 4.62. The molecule has 0 atom stereocenters. The van der Waals surface area contributed by atoms with Gasteiger partial charge in [0.05, 0.1) is 11.7 Å². The maximum atomic E-state index is 4.62. The molecule has 1 aliphatic carbocycles. The van der Waals surface area contributed by atoms with Crippen LogP contribution in [0.4, 0.5) is 0 Å². The normalized spacial score (nSPS) is 16.8. The topological polar surface area (TPSA) is 25.8 Å². The van der Waals surface area contributed by atoms with E-state index in [4.69, 9.17) is 0 Å². The first kappa shape index (κ1) is 14.0. The Hall–Kier alpha value is -0.960. The molecule has 0 bridgehead atoms. The summed E-state index contributed by atoms with van der Waals surface area (Å²) in [6.07, 6.45) is 9.27. The van der Waals surface area contributed by atoms with Crippen LogP contribution < -0.4 is 0 Å². The molecule has 0 aliphatic heterocycles. The summed E-state index contributed by atoms with van der Waals surface area (Å²) in [5.41, 5.74) is 8.43. The van der Waals surface area contributed by atoms with Crippen LogP contribution in [-0.4, -0.2) is 8.75 Å². The summed E-state index contributed by atoms with van der Waals surface area (Å²) in [6, 6.07) is 0. The zero-order valence-electron chi connectivity index (χ0n) is 12.8. The third kappa shape index (κ3) is 2.37. The average molecular weight is 288 g/mol. The fraction of sp³-hybridized carbons (Fsp3) is 0.647. The Morgan fingerprint density at radius 2 is 1.45 bits per heavy atom. The molecule has 0 amide bonds. The van der Waals surface area contributed by atoms with E-state index < -0.39 is 0 Å². The van der Waals surface area contributed by atoms with Crippen molar-refractivity contribution in [2.75, 3.05) is 0 Å². The van der Waals surface area contributed by atoms with Gasteiger partial charge in [-0.2, -0.15) is 8.75 Å². The first-order chi connectivity index (χ1) is 9.70. The highest BCUT2D eigenvalue weighted by Crippen LogP contribution is 2.36. The van der Waals surface area contributed by atoms with Crippen LogP contribution in [0, 0.1) is 6.92 Å². The summed E-state index contributed by atoms with van der Waals surface area (Å²) in [5, 5.41) is 0. The number of benzene rings is 1. The van der Waals surface area contributed by atoms with Crippen LogP contribution in [0.25, 0.3) is 11.0 Å². The van der Waals surface area contributed by atoms with Crippen molar-refractivity contribution in [3.8, 4) is 0 Å². The highest BCUT2D eigenvalue weighted by molar-refractivity contribution is 7.00. The zero-order chi connectivity index (χ0) is 14.1. The second kappa shape index (κ2) is 5.80. The quantitative estimate of drug-likeness (QED) is 0.723. The molecule has 0 saturated carbocycles. The predicted octanol–water partition coefficient (Wildman–Crippen LogP) is 5.17. The summed E-state index contributed by atoms with van der Waals surface area (Å²) in [6.45, 7) is 6.86. The minimum absolute atomic E-state index is 0.538. The number of rotatable bonds is 1. The number of hydrogen-bond acceptors (Lipinski definition) is 3. The minimum atomic E-state index is 0.538. The van der Waals surface area contributed by atoms with Crippen molar-refractivity contribution in [2.45, 2.75) is 71.6 Å². The number of aryl methyl sites for hydroxylation is 1. The van der Waals surface area contributed by atoms with Gasteiger partial charge in [-0.25, -0.2) is 0 Å². The van der Waals surface area contributed by atoms with Gasteiger partial charge in [0, 0.05) is 0 Å². The van der Waals surface area contributed by atoms with E-state index in [1.54, 1.807) is 11.1 Å². The second-order valence-corrected chi connectivity index (χ2v) is 6.91. The highest BCUT2D eigenvalue weighted by atomic mass is 32.1. The Kier molecular flexibility index (Phi) is 4.06. The van der Waals surface area contributed by atoms with Gasteiger partial charge in [-0.15, -0.1) is 0 Å². The SMILES string of the molecule is Cc1c2c(c(C(C)C)c3nsnc13)CCCCCCC2. The molecular weight excluding hydrogens is 264 g/mol. The van der Waals surface area contributed by atoms with Gasteiger partial charge < -0.3 is 0 Å². The molecular formula is C17H24N2S. The summed E-state index contributed by atoms with van der Waals surface area (Å²) < 4.78 is 9.19. The number of nitrogens with zero attached hydrogens (tertiary/aromatic N) is 2. The van der Waals surface area contributed by atoms with E-state index in [-0.39, 0.29) is 0 Å². The molecule has 108 valence electrons. The van der Waals surface area contributed by atoms with Crippen molar-refractivity contribution in [3.63, 3.8) is 0 Å². The van der Waals surface area contributed by atoms with Gasteiger partial charge in [0.2, 0.25) is 0 Å². The molecule has 1 aliphatic rings. The highest BCUT2D eigenvalue weighted by Gasteiger charge is 2.21. The van der Waals surface area contributed by atoms with Gasteiger partial charge in [0.15, 0.2) is 0 Å². The zero-order valence-corrected chi connectivity index (χ0v) is 13.6. The van der Waals surface area contributed by atoms with Gasteiger partial charge >= 0.3 is 0 Å². The van der Waals surface area contributed by atoms with Crippen molar-refractivity contribution in [2.24, 2.45) is 0 Å². The Bertz CT molecular complexity index is 613. The Morgan fingerprint density at radius 3 is 2.15 bits per heavy atom. The van der Waals surface area contributed by atoms with Crippen molar-refractivity contribution in [1.82, 2.24) is 8.75 Å². The molecule has 0 unspecified atom stereocenters. The van der Waals surface area contributed by atoms with E-state index in [0.717, 1.165) is 5.52 Å². The number of hydrogen-bond donors (Lipinski definition) is 0. The van der Waals surface area contributed by atoms with Gasteiger partial charge in [0.1, 0.15) is 11.0 Å². The third-order valence-electron chi connectivity index (χ3n) is 4.67. The summed E-state index contributed by atoms with van der Waals surface area (Å²) >= 11 is 1.37. The van der Waals surface area contributed by atoms with E-state index in [0.29, 0.717) is 5.92 Å². The largest absolute Gasteiger partial charge is 0.173 e. The molecule has 3 rings (SSSR count). The van der Waals surface area contributed by atoms with Crippen molar-refractivity contribution in [3.05, 3.63) is 22.3 Å². The van der Waals surface area contributed by atoms with Crippen LogP contribution in [0.15, 0.2) is 0 Å². The second-order valence-electron chi connectivity index (χ2n) is 6.38. The van der Waals surface area contributed by atoms with Gasteiger partial charge in [-0.3, -0.25) is 0 Å². The summed E-state index contributed by atoms with van der Waals surface area (Å²) in [5.74, 6) is 0.538. The Morgan fingerprint density at radius 1 is 0.850 bits per heavy atom. The molecule has 1 aromatic heterocycles. The monoisotopic (exact) mass is 288 g/mol. The van der Waals surface area contributed by atoms with Gasteiger partial charge in [0.25, 0.3) is 0 Å². The first-order valence-electron chi connectivity index (χ1n) is 7.96. The molecule has 0 spiro atoms. The fourth-order valence-electron chi connectivity index (χ4n) is 3.67. The lowest BCUT2D eigenvalue weighted by Crippen LogP contribution is -2.06. The van der Waals surface area contributed by atoms with Gasteiger partial charge in [-0.05, 0) is 60.8 Å². The lowest BCUT2D eigenvalue weighted by Gasteiger charge is -2.20. The first-order valence-corrected chi connectivity index (χ1v) is 8.69. The molecule has 1 heterocycles. The lowest BCUT2D eigenvalue weighted by molar-refractivity contribution is 0.628. The van der Waals surface area contributed by atoms with Gasteiger partial charge in [-0.1, -0.05) is 33.1 Å². The van der Waals surface area contributed by atoms with E-state index >= 15 is 0 Å². The van der Waals surface area contributed by atoms with E-state index in [1.165, 1.54) is 73.3 Å².